The van der Waals surface area contributed by atoms with E-state index in [0.717, 1.165) is 11.3 Å². The number of carbonyl (C=O) groups is 1. The van der Waals surface area contributed by atoms with Crippen molar-refractivity contribution in [1.29, 1.82) is 0 Å². The van der Waals surface area contributed by atoms with Crippen LogP contribution >= 0.6 is 0 Å². The van der Waals surface area contributed by atoms with E-state index in [4.69, 9.17) is 0 Å². The first-order valence-corrected chi connectivity index (χ1v) is 4.06. The molecule has 12 heavy (non-hydrogen) atoms. The van der Waals surface area contributed by atoms with Gasteiger partial charge in [0.25, 0.3) is 5.91 Å². The highest BCUT2D eigenvalue weighted by molar-refractivity contribution is 5.95. The Hall–Kier alpha value is -1.25. The molecule has 1 aromatic rings. The number of rotatable bonds is 2. The minimum absolute atomic E-state index is 0.0104. The van der Waals surface area contributed by atoms with Crippen LogP contribution in [0.2, 0.25) is 0 Å². The molecular weight excluding hydrogens is 152 g/mol. The molecule has 1 amide bonds. The summed E-state index contributed by atoms with van der Waals surface area (Å²) in [4.78, 5) is 14.4. The molecule has 0 spiro atoms. The number of aryl methyl sites for hydroxylation is 1. The summed E-state index contributed by atoms with van der Waals surface area (Å²) in [7, 11) is 0. The molecule has 0 saturated carbocycles. The van der Waals surface area contributed by atoms with Crippen LogP contribution in [0.15, 0.2) is 12.3 Å². The lowest BCUT2D eigenvalue weighted by atomic mass is 10.2. The number of aromatic nitrogens is 1. The standard InChI is InChI=1S/C9H14N2O/c1-6(2)11-9(12)8-4-5-10-7(8)3/h4-6,10H,1-3H3,(H,11,12). The SMILES string of the molecule is Cc1[nH]ccc1C(=O)NC(C)C. The summed E-state index contributed by atoms with van der Waals surface area (Å²) in [6.07, 6.45) is 1.77. The van der Waals surface area contributed by atoms with Gasteiger partial charge in [-0.05, 0) is 26.8 Å². The summed E-state index contributed by atoms with van der Waals surface area (Å²) >= 11 is 0. The second-order valence-electron chi connectivity index (χ2n) is 3.14. The van der Waals surface area contributed by atoms with E-state index in [2.05, 4.69) is 10.3 Å². The Balaban J connectivity index is 2.72. The summed E-state index contributed by atoms with van der Waals surface area (Å²) in [5, 5.41) is 2.83. The summed E-state index contributed by atoms with van der Waals surface area (Å²) in [5.41, 5.74) is 1.64. The van der Waals surface area contributed by atoms with Gasteiger partial charge < -0.3 is 10.3 Å². The van der Waals surface area contributed by atoms with Crippen molar-refractivity contribution >= 4 is 5.91 Å². The number of nitrogens with one attached hydrogen (secondary N) is 2. The molecule has 3 heteroatoms. The van der Waals surface area contributed by atoms with Crippen LogP contribution in [-0.2, 0) is 0 Å². The maximum Gasteiger partial charge on any atom is 0.253 e. The fraction of sp³-hybridized carbons (Fsp3) is 0.444. The van der Waals surface area contributed by atoms with E-state index in [9.17, 15) is 4.79 Å². The number of carbonyl (C=O) groups excluding carboxylic acids is 1. The van der Waals surface area contributed by atoms with Gasteiger partial charge in [-0.25, -0.2) is 0 Å². The fourth-order valence-electron chi connectivity index (χ4n) is 1.04. The van der Waals surface area contributed by atoms with Crippen LogP contribution in [0.4, 0.5) is 0 Å². The molecule has 0 fully saturated rings. The molecule has 0 aliphatic carbocycles. The number of hydrogen-bond donors (Lipinski definition) is 2. The topological polar surface area (TPSA) is 44.9 Å². The molecule has 0 unspecified atom stereocenters. The fourth-order valence-corrected chi connectivity index (χ4v) is 1.04. The summed E-state index contributed by atoms with van der Waals surface area (Å²) in [5.74, 6) is -0.0104. The summed E-state index contributed by atoms with van der Waals surface area (Å²) in [6, 6.07) is 1.97. The minimum Gasteiger partial charge on any atom is -0.365 e. The van der Waals surface area contributed by atoms with Crippen molar-refractivity contribution in [2.75, 3.05) is 0 Å². The Morgan fingerprint density at radius 3 is 2.67 bits per heavy atom. The molecule has 0 saturated heterocycles. The molecule has 2 N–H and O–H groups in total. The van der Waals surface area contributed by atoms with Crippen LogP contribution in [0.3, 0.4) is 0 Å². The van der Waals surface area contributed by atoms with Crippen molar-refractivity contribution in [1.82, 2.24) is 10.3 Å². The average Bonchev–Trinajstić information content (AvgIpc) is 2.33. The van der Waals surface area contributed by atoms with E-state index in [0.29, 0.717) is 0 Å². The molecule has 0 bridgehead atoms. The van der Waals surface area contributed by atoms with Gasteiger partial charge in [0.2, 0.25) is 0 Å². The van der Waals surface area contributed by atoms with Gasteiger partial charge in [0, 0.05) is 17.9 Å². The maximum absolute atomic E-state index is 11.4. The molecule has 0 atom stereocenters. The minimum atomic E-state index is -0.0104. The van der Waals surface area contributed by atoms with Gasteiger partial charge in [-0.3, -0.25) is 4.79 Å². The van der Waals surface area contributed by atoms with E-state index in [1.54, 1.807) is 12.3 Å². The summed E-state index contributed by atoms with van der Waals surface area (Å²) < 4.78 is 0. The van der Waals surface area contributed by atoms with Gasteiger partial charge >= 0.3 is 0 Å². The molecule has 1 rings (SSSR count). The van der Waals surface area contributed by atoms with Crippen LogP contribution in [0, 0.1) is 6.92 Å². The van der Waals surface area contributed by atoms with Crippen molar-refractivity contribution in [3.05, 3.63) is 23.5 Å². The number of H-pyrrole nitrogens is 1. The van der Waals surface area contributed by atoms with Crippen LogP contribution in [0.1, 0.15) is 29.9 Å². The van der Waals surface area contributed by atoms with Crippen LogP contribution in [0.25, 0.3) is 0 Å². The van der Waals surface area contributed by atoms with Crippen molar-refractivity contribution < 1.29 is 4.79 Å². The first-order chi connectivity index (χ1) is 5.61. The first-order valence-electron chi connectivity index (χ1n) is 4.06. The second-order valence-corrected chi connectivity index (χ2v) is 3.14. The maximum atomic E-state index is 11.4. The van der Waals surface area contributed by atoms with Gasteiger partial charge in [-0.1, -0.05) is 0 Å². The van der Waals surface area contributed by atoms with E-state index in [1.807, 2.05) is 20.8 Å². The zero-order chi connectivity index (χ0) is 9.14. The Morgan fingerprint density at radius 1 is 1.58 bits per heavy atom. The summed E-state index contributed by atoms with van der Waals surface area (Å²) in [6.45, 7) is 5.77. The predicted octanol–water partition coefficient (Wildman–Crippen LogP) is 1.46. The molecule has 3 nitrogen and oxygen atoms in total. The average molecular weight is 166 g/mol. The van der Waals surface area contributed by atoms with Crippen molar-refractivity contribution in [2.45, 2.75) is 26.8 Å². The van der Waals surface area contributed by atoms with Crippen molar-refractivity contribution in [3.63, 3.8) is 0 Å². The highest BCUT2D eigenvalue weighted by Gasteiger charge is 2.09. The van der Waals surface area contributed by atoms with Gasteiger partial charge in [0.1, 0.15) is 0 Å². The van der Waals surface area contributed by atoms with E-state index >= 15 is 0 Å². The third-order valence-electron chi connectivity index (χ3n) is 1.62. The highest BCUT2D eigenvalue weighted by Crippen LogP contribution is 2.04. The molecule has 0 aliphatic rings. The highest BCUT2D eigenvalue weighted by atomic mass is 16.1. The molecule has 0 radical (unpaired) electrons. The monoisotopic (exact) mass is 166 g/mol. The van der Waals surface area contributed by atoms with Crippen LogP contribution < -0.4 is 5.32 Å². The van der Waals surface area contributed by atoms with E-state index < -0.39 is 0 Å². The van der Waals surface area contributed by atoms with Crippen LogP contribution in [-0.4, -0.2) is 16.9 Å². The molecule has 1 aromatic heterocycles. The smallest absolute Gasteiger partial charge is 0.253 e. The Morgan fingerprint density at radius 2 is 2.25 bits per heavy atom. The zero-order valence-electron chi connectivity index (χ0n) is 7.64. The number of amides is 1. The molecule has 66 valence electrons. The lowest BCUT2D eigenvalue weighted by Crippen LogP contribution is -2.30. The van der Waals surface area contributed by atoms with Crippen molar-refractivity contribution in [3.8, 4) is 0 Å². The molecule has 0 aliphatic heterocycles. The Bertz CT molecular complexity index is 276. The Kier molecular flexibility index (Phi) is 2.53. The molecule has 1 heterocycles. The number of aromatic amines is 1. The first kappa shape index (κ1) is 8.84. The lowest BCUT2D eigenvalue weighted by Gasteiger charge is -2.07. The second kappa shape index (κ2) is 3.43. The third kappa shape index (κ3) is 1.87. The van der Waals surface area contributed by atoms with E-state index in [-0.39, 0.29) is 11.9 Å². The molecular formula is C9H14N2O. The van der Waals surface area contributed by atoms with Crippen LogP contribution in [0.5, 0.6) is 0 Å². The quantitative estimate of drug-likeness (QED) is 0.686. The van der Waals surface area contributed by atoms with Crippen molar-refractivity contribution in [2.24, 2.45) is 0 Å². The Labute approximate surface area is 72.2 Å². The van der Waals surface area contributed by atoms with E-state index in [1.165, 1.54) is 0 Å². The molecule has 0 aromatic carbocycles. The van der Waals surface area contributed by atoms with Gasteiger partial charge in [0.05, 0.1) is 5.56 Å². The van der Waals surface area contributed by atoms with Gasteiger partial charge in [0.15, 0.2) is 0 Å². The zero-order valence-corrected chi connectivity index (χ0v) is 7.64. The largest absolute Gasteiger partial charge is 0.365 e. The lowest BCUT2D eigenvalue weighted by molar-refractivity contribution is 0.0942. The van der Waals surface area contributed by atoms with Gasteiger partial charge in [-0.2, -0.15) is 0 Å². The predicted molar refractivity (Wildman–Crippen MR) is 48.1 cm³/mol. The van der Waals surface area contributed by atoms with Gasteiger partial charge in [-0.15, -0.1) is 0 Å². The number of hydrogen-bond acceptors (Lipinski definition) is 1. The normalized spacial score (nSPS) is 10.3. The third-order valence-corrected chi connectivity index (χ3v) is 1.62.